The molecule has 1 heterocycles. The maximum Gasteiger partial charge on any atom is 0.291 e. The third-order valence-electron chi connectivity index (χ3n) is 4.76. The van der Waals surface area contributed by atoms with Crippen molar-refractivity contribution in [3.8, 4) is 11.3 Å². The lowest BCUT2D eigenvalue weighted by atomic mass is 10.1. The van der Waals surface area contributed by atoms with Crippen LogP contribution in [0.3, 0.4) is 0 Å². The normalized spacial score (nSPS) is 13.0. The topological polar surface area (TPSA) is 88.4 Å². The second kappa shape index (κ2) is 7.75. The van der Waals surface area contributed by atoms with Crippen LogP contribution in [0.5, 0.6) is 0 Å². The SMILES string of the molecule is CC(=O)c1ccc(-c2ccc(C(=O)Nc3ccc(NC(=O)C4CC4)cc3)o2)cc1. The molecule has 1 aliphatic carbocycles. The number of furan rings is 1. The van der Waals surface area contributed by atoms with Crippen molar-refractivity contribution >= 4 is 29.0 Å². The Morgan fingerprint density at radius 3 is 2.03 bits per heavy atom. The summed E-state index contributed by atoms with van der Waals surface area (Å²) in [6, 6.07) is 17.3. The van der Waals surface area contributed by atoms with E-state index in [1.807, 2.05) is 0 Å². The maximum atomic E-state index is 12.4. The van der Waals surface area contributed by atoms with Gasteiger partial charge in [-0.3, -0.25) is 14.4 Å². The maximum absolute atomic E-state index is 12.4. The summed E-state index contributed by atoms with van der Waals surface area (Å²) in [6.45, 7) is 1.51. The van der Waals surface area contributed by atoms with Gasteiger partial charge in [0.05, 0.1) is 0 Å². The van der Waals surface area contributed by atoms with Crippen LogP contribution in [0.2, 0.25) is 0 Å². The number of Topliss-reactive ketones (excluding diaryl/α,β-unsaturated/α-hetero) is 1. The zero-order chi connectivity index (χ0) is 20.4. The molecule has 3 aromatic rings. The number of hydrogen-bond acceptors (Lipinski definition) is 4. The van der Waals surface area contributed by atoms with Gasteiger partial charge in [0.15, 0.2) is 11.5 Å². The van der Waals surface area contributed by atoms with Crippen molar-refractivity contribution in [1.82, 2.24) is 0 Å². The second-order valence-electron chi connectivity index (χ2n) is 7.09. The lowest BCUT2D eigenvalue weighted by Gasteiger charge is -2.07. The van der Waals surface area contributed by atoms with Crippen LogP contribution in [0.15, 0.2) is 65.1 Å². The van der Waals surface area contributed by atoms with Crippen LogP contribution in [0, 0.1) is 5.92 Å². The van der Waals surface area contributed by atoms with Gasteiger partial charge >= 0.3 is 0 Å². The highest BCUT2D eigenvalue weighted by Gasteiger charge is 2.29. The van der Waals surface area contributed by atoms with Crippen LogP contribution in [0.1, 0.15) is 40.7 Å². The molecule has 2 amide bonds. The molecule has 1 aromatic heterocycles. The molecule has 146 valence electrons. The molecule has 0 aliphatic heterocycles. The monoisotopic (exact) mass is 388 g/mol. The molecule has 4 rings (SSSR count). The van der Waals surface area contributed by atoms with Crippen LogP contribution >= 0.6 is 0 Å². The molecule has 6 heteroatoms. The molecule has 0 saturated heterocycles. The Morgan fingerprint density at radius 2 is 1.45 bits per heavy atom. The van der Waals surface area contributed by atoms with Crippen molar-refractivity contribution in [3.63, 3.8) is 0 Å². The lowest BCUT2D eigenvalue weighted by Crippen LogP contribution is -2.13. The third-order valence-corrected chi connectivity index (χ3v) is 4.76. The largest absolute Gasteiger partial charge is 0.451 e. The average molecular weight is 388 g/mol. The summed E-state index contributed by atoms with van der Waals surface area (Å²) in [4.78, 5) is 35.6. The van der Waals surface area contributed by atoms with E-state index in [2.05, 4.69) is 10.6 Å². The molecule has 0 spiro atoms. The van der Waals surface area contributed by atoms with Crippen molar-refractivity contribution in [2.75, 3.05) is 10.6 Å². The summed E-state index contributed by atoms with van der Waals surface area (Å²) >= 11 is 0. The van der Waals surface area contributed by atoms with Gasteiger partial charge in [-0.05, 0) is 56.2 Å². The fourth-order valence-corrected chi connectivity index (χ4v) is 2.90. The number of ketones is 1. The van der Waals surface area contributed by atoms with Gasteiger partial charge in [0.25, 0.3) is 5.91 Å². The predicted octanol–water partition coefficient (Wildman–Crippen LogP) is 4.75. The van der Waals surface area contributed by atoms with Crippen LogP contribution in [0.4, 0.5) is 11.4 Å². The molecular formula is C23H20N2O4. The Labute approximate surface area is 167 Å². The van der Waals surface area contributed by atoms with E-state index < -0.39 is 0 Å². The molecular weight excluding hydrogens is 368 g/mol. The summed E-state index contributed by atoms with van der Waals surface area (Å²) in [6.07, 6.45) is 1.90. The number of carbonyl (C=O) groups is 3. The van der Waals surface area contributed by atoms with Crippen LogP contribution in [-0.2, 0) is 4.79 Å². The summed E-state index contributed by atoms with van der Waals surface area (Å²) in [5.41, 5.74) is 2.71. The van der Waals surface area contributed by atoms with Gasteiger partial charge in [-0.2, -0.15) is 0 Å². The number of rotatable bonds is 6. The molecule has 1 saturated carbocycles. The van der Waals surface area contributed by atoms with Crippen molar-refractivity contribution < 1.29 is 18.8 Å². The molecule has 1 fully saturated rings. The molecule has 0 bridgehead atoms. The van der Waals surface area contributed by atoms with Gasteiger partial charge in [0.1, 0.15) is 5.76 Å². The zero-order valence-corrected chi connectivity index (χ0v) is 15.9. The summed E-state index contributed by atoms with van der Waals surface area (Å²) in [7, 11) is 0. The fraction of sp³-hybridized carbons (Fsp3) is 0.174. The highest BCUT2D eigenvalue weighted by Crippen LogP contribution is 2.30. The van der Waals surface area contributed by atoms with Gasteiger partial charge in [0.2, 0.25) is 5.91 Å². The standard InChI is InChI=1S/C23H20N2O4/c1-14(26)15-2-4-16(5-3-15)20-12-13-21(29-20)23(28)25-19-10-8-18(9-11-19)24-22(27)17-6-7-17/h2-5,8-13,17H,6-7H2,1H3,(H,24,27)(H,25,28). The van der Waals surface area contributed by atoms with E-state index in [9.17, 15) is 14.4 Å². The predicted molar refractivity (Wildman–Crippen MR) is 110 cm³/mol. The second-order valence-corrected chi connectivity index (χ2v) is 7.09. The molecule has 0 unspecified atom stereocenters. The van der Waals surface area contributed by atoms with E-state index >= 15 is 0 Å². The number of benzene rings is 2. The minimum absolute atomic E-state index is 0.00538. The minimum Gasteiger partial charge on any atom is -0.451 e. The summed E-state index contributed by atoms with van der Waals surface area (Å²) in [5.74, 6) is 0.535. The minimum atomic E-state index is -0.369. The Kier molecular flexibility index (Phi) is 4.99. The lowest BCUT2D eigenvalue weighted by molar-refractivity contribution is -0.117. The number of anilines is 2. The van der Waals surface area contributed by atoms with Gasteiger partial charge in [-0.1, -0.05) is 24.3 Å². The van der Waals surface area contributed by atoms with E-state index in [1.54, 1.807) is 60.7 Å². The summed E-state index contributed by atoms with van der Waals surface area (Å²) in [5, 5.41) is 5.63. The molecule has 2 N–H and O–H groups in total. The molecule has 1 aliphatic rings. The van der Waals surface area contributed by atoms with E-state index in [0.29, 0.717) is 22.7 Å². The van der Waals surface area contributed by atoms with E-state index in [1.165, 1.54) is 6.92 Å². The zero-order valence-electron chi connectivity index (χ0n) is 15.9. The van der Waals surface area contributed by atoms with Crippen LogP contribution < -0.4 is 10.6 Å². The number of hydrogen-bond donors (Lipinski definition) is 2. The molecule has 6 nitrogen and oxygen atoms in total. The molecule has 2 aromatic carbocycles. The molecule has 29 heavy (non-hydrogen) atoms. The number of carbonyl (C=O) groups excluding carboxylic acids is 3. The van der Waals surface area contributed by atoms with Crippen molar-refractivity contribution in [2.24, 2.45) is 5.92 Å². The summed E-state index contributed by atoms with van der Waals surface area (Å²) < 4.78 is 5.66. The highest BCUT2D eigenvalue weighted by molar-refractivity contribution is 6.03. The first-order valence-electron chi connectivity index (χ1n) is 9.43. The van der Waals surface area contributed by atoms with Crippen molar-refractivity contribution in [3.05, 3.63) is 72.0 Å². The number of amides is 2. The molecule has 0 atom stereocenters. The average Bonchev–Trinajstić information content (AvgIpc) is 3.46. The Hall–Kier alpha value is -3.67. The fourth-order valence-electron chi connectivity index (χ4n) is 2.90. The first kappa shape index (κ1) is 18.7. The van der Waals surface area contributed by atoms with Gasteiger partial charge in [-0.15, -0.1) is 0 Å². The van der Waals surface area contributed by atoms with Crippen LogP contribution in [-0.4, -0.2) is 17.6 Å². The van der Waals surface area contributed by atoms with E-state index in [0.717, 1.165) is 18.4 Å². The first-order chi connectivity index (χ1) is 14.0. The van der Waals surface area contributed by atoms with Gasteiger partial charge in [0, 0.05) is 28.4 Å². The number of nitrogens with one attached hydrogen (secondary N) is 2. The quantitative estimate of drug-likeness (QED) is 0.597. The smallest absolute Gasteiger partial charge is 0.291 e. The van der Waals surface area contributed by atoms with Crippen LogP contribution in [0.25, 0.3) is 11.3 Å². The van der Waals surface area contributed by atoms with Gasteiger partial charge < -0.3 is 15.1 Å². The Morgan fingerprint density at radius 1 is 0.828 bits per heavy atom. The van der Waals surface area contributed by atoms with Gasteiger partial charge in [-0.25, -0.2) is 0 Å². The van der Waals surface area contributed by atoms with Crippen molar-refractivity contribution in [1.29, 1.82) is 0 Å². The Balaban J connectivity index is 1.39. The third kappa shape index (κ3) is 4.43. The van der Waals surface area contributed by atoms with E-state index in [4.69, 9.17) is 4.42 Å². The van der Waals surface area contributed by atoms with Crippen molar-refractivity contribution in [2.45, 2.75) is 19.8 Å². The molecule has 0 radical (unpaired) electrons. The van der Waals surface area contributed by atoms with E-state index in [-0.39, 0.29) is 29.3 Å². The first-order valence-corrected chi connectivity index (χ1v) is 9.43. The highest BCUT2D eigenvalue weighted by atomic mass is 16.3. The Bertz CT molecular complexity index is 1060.